The number of aliphatic hydroxyl groups is 1. The smallest absolute Gasteiger partial charge is 0.237 e. The molecule has 1 fully saturated rings. The molecule has 2 atom stereocenters. The third-order valence-corrected chi connectivity index (χ3v) is 7.44. The Morgan fingerprint density at radius 1 is 1.23 bits per heavy atom. The molecule has 2 aliphatic rings. The van der Waals surface area contributed by atoms with Crippen molar-refractivity contribution in [2.45, 2.75) is 45.3 Å². The minimum atomic E-state index is -0.622. The summed E-state index contributed by atoms with van der Waals surface area (Å²) in [6.07, 6.45) is 2.57. The largest absolute Gasteiger partial charge is 0.491 e. The molecule has 0 unspecified atom stereocenters. The predicted octanol–water partition coefficient (Wildman–Crippen LogP) is 4.14. The Labute approximate surface area is 211 Å². The van der Waals surface area contributed by atoms with Gasteiger partial charge in [-0.25, -0.2) is 4.39 Å². The third-order valence-electron chi connectivity index (χ3n) is 6.44. The number of hydrogen-bond acceptors (Lipinski definition) is 6. The maximum atomic E-state index is 13.6. The van der Waals surface area contributed by atoms with E-state index >= 15 is 0 Å². The van der Waals surface area contributed by atoms with Crippen molar-refractivity contribution >= 4 is 17.2 Å². The highest BCUT2D eigenvalue weighted by atomic mass is 32.1. The molecule has 8 heteroatoms. The molecule has 2 aromatic rings. The minimum absolute atomic E-state index is 0.0468. The number of nitrogens with zero attached hydrogens (tertiary/aromatic N) is 2. The van der Waals surface area contributed by atoms with Crippen LogP contribution in [0.3, 0.4) is 0 Å². The summed E-state index contributed by atoms with van der Waals surface area (Å²) in [6.45, 7) is 7.53. The number of fused-ring (bicyclic) bond motifs is 1. The van der Waals surface area contributed by atoms with E-state index in [1.54, 1.807) is 23.5 Å². The van der Waals surface area contributed by atoms with E-state index in [0.29, 0.717) is 43.9 Å². The Kier molecular flexibility index (Phi) is 9.16. The Balaban J connectivity index is 1.40. The monoisotopic (exact) mass is 504 g/mol. The molecule has 1 aliphatic carbocycles. The molecule has 0 saturated heterocycles. The highest BCUT2D eigenvalue weighted by molar-refractivity contribution is 7.10. The molecule has 6 nitrogen and oxygen atoms in total. The van der Waals surface area contributed by atoms with Crippen molar-refractivity contribution in [2.75, 3.05) is 46.0 Å². The quantitative estimate of drug-likeness (QED) is 0.444. The Hall–Kier alpha value is -2.00. The van der Waals surface area contributed by atoms with Crippen molar-refractivity contribution in [2.24, 2.45) is 11.8 Å². The van der Waals surface area contributed by atoms with E-state index in [-0.39, 0.29) is 30.9 Å². The predicted molar refractivity (Wildman–Crippen MR) is 135 cm³/mol. The number of hydrogen-bond donors (Lipinski definition) is 1. The van der Waals surface area contributed by atoms with Gasteiger partial charge < -0.3 is 19.5 Å². The average molecular weight is 505 g/mol. The summed E-state index contributed by atoms with van der Waals surface area (Å²) in [7, 11) is 0. The number of carbonyl (C=O) groups is 1. The first-order valence-electron chi connectivity index (χ1n) is 12.6. The molecule has 1 aliphatic heterocycles. The Morgan fingerprint density at radius 3 is 2.71 bits per heavy atom. The molecule has 1 aromatic heterocycles. The molecular formula is C27H37FN2O4S. The van der Waals surface area contributed by atoms with Gasteiger partial charge in [0.1, 0.15) is 18.2 Å². The van der Waals surface area contributed by atoms with Crippen molar-refractivity contribution in [1.82, 2.24) is 9.80 Å². The third kappa shape index (κ3) is 7.74. The van der Waals surface area contributed by atoms with Crippen LogP contribution in [-0.2, 0) is 16.0 Å². The van der Waals surface area contributed by atoms with Gasteiger partial charge in [0.2, 0.25) is 5.91 Å². The number of ether oxygens (including phenoxy) is 2. The normalized spacial score (nSPS) is 18.7. The van der Waals surface area contributed by atoms with Crippen LogP contribution in [0.2, 0.25) is 0 Å². The van der Waals surface area contributed by atoms with E-state index in [1.807, 2.05) is 4.90 Å². The van der Waals surface area contributed by atoms with E-state index in [1.165, 1.54) is 29.9 Å². The van der Waals surface area contributed by atoms with Crippen molar-refractivity contribution in [1.29, 1.82) is 0 Å². The van der Waals surface area contributed by atoms with Gasteiger partial charge in [-0.3, -0.25) is 9.69 Å². The van der Waals surface area contributed by atoms with E-state index < -0.39 is 6.10 Å². The maximum absolute atomic E-state index is 13.6. The summed E-state index contributed by atoms with van der Waals surface area (Å²) >= 11 is 1.71. The molecule has 1 amide bonds. The van der Waals surface area contributed by atoms with Gasteiger partial charge in [-0.15, -0.1) is 11.3 Å². The summed E-state index contributed by atoms with van der Waals surface area (Å²) in [5.74, 6) is 1.35. The van der Waals surface area contributed by atoms with Crippen LogP contribution in [0, 0.1) is 17.7 Å². The van der Waals surface area contributed by atoms with Crippen molar-refractivity contribution < 1.29 is 23.8 Å². The Morgan fingerprint density at radius 2 is 2.00 bits per heavy atom. The second-order valence-electron chi connectivity index (χ2n) is 10.1. The fraction of sp³-hybridized carbons (Fsp3) is 0.593. The minimum Gasteiger partial charge on any atom is -0.491 e. The van der Waals surface area contributed by atoms with Gasteiger partial charge in [-0.05, 0) is 72.4 Å². The van der Waals surface area contributed by atoms with Gasteiger partial charge in [-0.1, -0.05) is 13.8 Å². The summed E-state index contributed by atoms with van der Waals surface area (Å²) in [5, 5.41) is 12.6. The zero-order valence-electron chi connectivity index (χ0n) is 20.7. The fourth-order valence-corrected chi connectivity index (χ4v) is 5.45. The van der Waals surface area contributed by atoms with Gasteiger partial charge in [-0.2, -0.15) is 0 Å². The van der Waals surface area contributed by atoms with Gasteiger partial charge in [0.05, 0.1) is 25.3 Å². The average Bonchev–Trinajstić information content (AvgIpc) is 3.49. The second-order valence-corrected chi connectivity index (χ2v) is 11.1. The summed E-state index contributed by atoms with van der Waals surface area (Å²) in [5.41, 5.74) is 1.13. The maximum Gasteiger partial charge on any atom is 0.237 e. The molecule has 192 valence electrons. The number of benzene rings is 1. The molecule has 2 heterocycles. The first-order valence-corrected chi connectivity index (χ1v) is 13.5. The van der Waals surface area contributed by atoms with Crippen LogP contribution < -0.4 is 4.74 Å². The molecule has 1 N–H and O–H groups in total. The topological polar surface area (TPSA) is 62.2 Å². The summed E-state index contributed by atoms with van der Waals surface area (Å²) in [4.78, 5) is 18.9. The first-order chi connectivity index (χ1) is 16.9. The highest BCUT2D eigenvalue weighted by Crippen LogP contribution is 2.34. The van der Waals surface area contributed by atoms with Gasteiger partial charge >= 0.3 is 0 Å². The zero-order valence-corrected chi connectivity index (χ0v) is 21.5. The Bertz CT molecular complexity index is 947. The van der Waals surface area contributed by atoms with Gasteiger partial charge in [0.25, 0.3) is 0 Å². The lowest BCUT2D eigenvalue weighted by Gasteiger charge is -2.37. The number of rotatable bonds is 13. The molecule has 1 aromatic carbocycles. The van der Waals surface area contributed by atoms with Crippen LogP contribution >= 0.6 is 11.3 Å². The lowest BCUT2D eigenvalue weighted by molar-refractivity contribution is -0.136. The summed E-state index contributed by atoms with van der Waals surface area (Å²) < 4.78 is 24.9. The number of halogens is 1. The molecule has 35 heavy (non-hydrogen) atoms. The van der Waals surface area contributed by atoms with Crippen LogP contribution in [0.5, 0.6) is 5.75 Å². The lowest BCUT2D eigenvalue weighted by Crippen LogP contribution is -2.48. The standard InChI is InChI=1S/C27H37FN2O4S/c1-19(2)16-33-17-22(31)14-29(13-20-3-4-20)15-27(32)30-11-9-26-24(10-12-35-26)25(30)18-34-23-7-5-21(28)6-8-23/h5-8,10,12,19-20,22,25,31H,3-4,9,11,13-18H2,1-2H3/t22-,25+/m0/s1. The number of aliphatic hydroxyl groups excluding tert-OH is 1. The van der Waals surface area contributed by atoms with Crippen LogP contribution in [0.4, 0.5) is 4.39 Å². The van der Waals surface area contributed by atoms with Crippen molar-refractivity contribution in [3.05, 3.63) is 52.0 Å². The highest BCUT2D eigenvalue weighted by Gasteiger charge is 2.34. The van der Waals surface area contributed by atoms with Crippen LogP contribution in [-0.4, -0.2) is 72.9 Å². The second kappa shape index (κ2) is 12.3. The van der Waals surface area contributed by atoms with E-state index in [2.05, 4.69) is 30.2 Å². The zero-order chi connectivity index (χ0) is 24.8. The van der Waals surface area contributed by atoms with E-state index in [0.717, 1.165) is 18.5 Å². The summed E-state index contributed by atoms with van der Waals surface area (Å²) in [6, 6.07) is 7.86. The number of amides is 1. The van der Waals surface area contributed by atoms with Gasteiger partial charge in [0, 0.05) is 31.1 Å². The van der Waals surface area contributed by atoms with Crippen molar-refractivity contribution in [3.8, 4) is 5.75 Å². The van der Waals surface area contributed by atoms with Crippen LogP contribution in [0.15, 0.2) is 35.7 Å². The number of carbonyl (C=O) groups excluding carboxylic acids is 1. The molecule has 4 rings (SSSR count). The van der Waals surface area contributed by atoms with Crippen molar-refractivity contribution in [3.63, 3.8) is 0 Å². The van der Waals surface area contributed by atoms with Gasteiger partial charge in [0.15, 0.2) is 0 Å². The molecule has 0 bridgehead atoms. The SMILES string of the molecule is CC(C)COC[C@@H](O)CN(CC(=O)N1CCc2sccc2[C@H]1COc1ccc(F)cc1)CC1CC1. The molecular weight excluding hydrogens is 467 g/mol. The molecule has 0 spiro atoms. The van der Waals surface area contributed by atoms with Crippen LogP contribution in [0.1, 0.15) is 43.2 Å². The fourth-order valence-electron chi connectivity index (χ4n) is 4.52. The van der Waals surface area contributed by atoms with E-state index in [9.17, 15) is 14.3 Å². The molecule has 0 radical (unpaired) electrons. The van der Waals surface area contributed by atoms with Crippen LogP contribution in [0.25, 0.3) is 0 Å². The molecule has 1 saturated carbocycles. The van der Waals surface area contributed by atoms with E-state index in [4.69, 9.17) is 9.47 Å². The first kappa shape index (κ1) is 26.1. The lowest BCUT2D eigenvalue weighted by atomic mass is 10.0. The number of thiophene rings is 1.